The minimum atomic E-state index is -0.134. The molecule has 6 rings (SSSR count). The minimum absolute atomic E-state index is 0.0949. The molecule has 2 aromatic heterocycles. The number of benzene rings is 1. The predicted molar refractivity (Wildman–Crippen MR) is 167 cm³/mol. The number of aromatic nitrogens is 3. The van der Waals surface area contributed by atoms with Gasteiger partial charge in [0.05, 0.1) is 23.8 Å². The van der Waals surface area contributed by atoms with E-state index in [2.05, 4.69) is 73.9 Å². The summed E-state index contributed by atoms with van der Waals surface area (Å²) < 4.78 is 2.18. The number of hydrogen-bond acceptors (Lipinski definition) is 5. The number of nitrogens with zero attached hydrogens (tertiary/aromatic N) is 6. The molecule has 2 saturated heterocycles. The second-order valence-corrected chi connectivity index (χ2v) is 11.1. The molecular formula is C34H50N6O. The summed E-state index contributed by atoms with van der Waals surface area (Å²) in [5.74, 6) is 0.753. The second kappa shape index (κ2) is 14.7. The lowest BCUT2D eigenvalue weighted by atomic mass is 9.94. The van der Waals surface area contributed by atoms with E-state index in [9.17, 15) is 4.79 Å². The van der Waals surface area contributed by atoms with Gasteiger partial charge in [0.15, 0.2) is 0 Å². The smallest absolute Gasteiger partial charge is 0.241 e. The number of fused-ring (bicyclic) bond motifs is 2. The summed E-state index contributed by atoms with van der Waals surface area (Å²) in [6.45, 7) is 15.2. The number of aryl methyl sites for hydroxylation is 3. The maximum Gasteiger partial charge on any atom is 0.241 e. The van der Waals surface area contributed by atoms with Gasteiger partial charge in [-0.05, 0) is 68.3 Å². The number of pyridine rings is 1. The van der Waals surface area contributed by atoms with Gasteiger partial charge in [-0.2, -0.15) is 0 Å². The van der Waals surface area contributed by atoms with E-state index in [-0.39, 0.29) is 18.0 Å². The van der Waals surface area contributed by atoms with Crippen LogP contribution in [-0.2, 0) is 24.2 Å². The lowest BCUT2D eigenvalue weighted by Crippen LogP contribution is -2.60. The molecule has 3 aliphatic rings. The van der Waals surface area contributed by atoms with Crippen LogP contribution in [0.4, 0.5) is 0 Å². The van der Waals surface area contributed by atoms with Crippen molar-refractivity contribution in [3.05, 3.63) is 83.2 Å². The van der Waals surface area contributed by atoms with E-state index >= 15 is 0 Å². The van der Waals surface area contributed by atoms with Gasteiger partial charge in [0.2, 0.25) is 5.91 Å². The molecule has 7 nitrogen and oxygen atoms in total. The van der Waals surface area contributed by atoms with Crippen LogP contribution in [0.1, 0.15) is 74.7 Å². The van der Waals surface area contributed by atoms with Crippen molar-refractivity contribution in [1.82, 2.24) is 29.2 Å². The predicted octanol–water partition coefficient (Wildman–Crippen LogP) is 5.38. The Balaban J connectivity index is 0.000000929. The highest BCUT2D eigenvalue weighted by Gasteiger charge is 2.39. The van der Waals surface area contributed by atoms with Crippen LogP contribution in [0.25, 0.3) is 0 Å². The average Bonchev–Trinajstić information content (AvgIpc) is 3.35. The lowest BCUT2D eigenvalue weighted by Gasteiger charge is -2.45. The molecule has 7 heteroatoms. The molecule has 0 N–H and O–H groups in total. The number of hydrogen-bond donors (Lipinski definition) is 0. The van der Waals surface area contributed by atoms with Crippen LogP contribution in [0.5, 0.6) is 0 Å². The Morgan fingerprint density at radius 3 is 2.46 bits per heavy atom. The quantitative estimate of drug-likeness (QED) is 0.430. The minimum Gasteiger partial charge on any atom is -0.341 e. The zero-order valence-electron chi connectivity index (χ0n) is 26.1. The maximum absolute atomic E-state index is 14.0. The highest BCUT2D eigenvalue weighted by atomic mass is 16.2. The largest absolute Gasteiger partial charge is 0.341 e. The second-order valence-electron chi connectivity index (χ2n) is 11.1. The molecule has 0 unspecified atom stereocenters. The first-order valence-corrected chi connectivity index (χ1v) is 15.8. The monoisotopic (exact) mass is 558 g/mol. The molecule has 1 amide bonds. The first-order chi connectivity index (χ1) is 20.1. The molecule has 2 fully saturated rings. The summed E-state index contributed by atoms with van der Waals surface area (Å²) in [6.07, 6.45) is 10.2. The number of carbonyl (C=O) groups is 1. The molecule has 41 heavy (non-hydrogen) atoms. The number of rotatable bonds is 4. The van der Waals surface area contributed by atoms with E-state index in [1.54, 1.807) is 0 Å². The van der Waals surface area contributed by atoms with E-state index in [0.717, 1.165) is 76.3 Å². The van der Waals surface area contributed by atoms with Gasteiger partial charge in [-0.1, -0.05) is 58.0 Å². The zero-order valence-corrected chi connectivity index (χ0v) is 26.1. The van der Waals surface area contributed by atoms with Crippen LogP contribution in [0, 0.1) is 12.8 Å². The summed E-state index contributed by atoms with van der Waals surface area (Å²) in [6, 6.07) is 13.1. The first kappa shape index (κ1) is 30.9. The van der Waals surface area contributed by atoms with Crippen molar-refractivity contribution in [2.75, 3.05) is 39.8 Å². The van der Waals surface area contributed by atoms with Crippen LogP contribution >= 0.6 is 0 Å². The number of imidazole rings is 1. The Morgan fingerprint density at radius 1 is 0.927 bits per heavy atom. The number of likely N-dealkylation sites (N-methyl/N-ethyl adjacent to an activating group) is 1. The normalized spacial score (nSPS) is 22.7. The molecule has 222 valence electrons. The van der Waals surface area contributed by atoms with Crippen LogP contribution < -0.4 is 0 Å². The standard InChI is InChI=1S/C30H38N6O.2C2H6/c1-22-17-34(21-32-22)18-23-7-6-14-36(19-23)30(37)27-20-35(16-15-33(27)2)29-26-10-4-3-8-24(26)11-12-25-9-5-13-31-28(25)29;2*1-2/h3-5,8-10,13,17,21,23,27,29H,6-7,11-12,14-16,18-20H2,1-2H3;2*1-2H3/t23-,27-,29+;;/m1../s1. The Morgan fingerprint density at radius 2 is 1.68 bits per heavy atom. The fraction of sp³-hybridized carbons (Fsp3) is 0.559. The van der Waals surface area contributed by atoms with Gasteiger partial charge in [-0.3, -0.25) is 19.6 Å². The van der Waals surface area contributed by atoms with Crippen molar-refractivity contribution in [2.24, 2.45) is 5.92 Å². The molecule has 3 aromatic rings. The molecule has 1 aliphatic carbocycles. The van der Waals surface area contributed by atoms with Crippen molar-refractivity contribution in [1.29, 1.82) is 0 Å². The van der Waals surface area contributed by atoms with E-state index in [0.29, 0.717) is 5.92 Å². The number of piperidine rings is 1. The number of carbonyl (C=O) groups excluding carboxylic acids is 1. The number of piperazine rings is 1. The molecule has 0 saturated carbocycles. The molecule has 1 aromatic carbocycles. The van der Waals surface area contributed by atoms with Crippen molar-refractivity contribution in [3.63, 3.8) is 0 Å². The number of likely N-dealkylation sites (tertiary alicyclic amines) is 1. The van der Waals surface area contributed by atoms with Gasteiger partial charge in [-0.25, -0.2) is 4.98 Å². The topological polar surface area (TPSA) is 57.5 Å². The van der Waals surface area contributed by atoms with Crippen LogP contribution in [0.3, 0.4) is 0 Å². The Hall–Kier alpha value is -3.03. The number of amides is 1. The third kappa shape index (κ3) is 7.07. The van der Waals surface area contributed by atoms with E-state index < -0.39 is 0 Å². The van der Waals surface area contributed by atoms with Crippen molar-refractivity contribution in [2.45, 2.75) is 78.9 Å². The third-order valence-electron chi connectivity index (χ3n) is 8.59. The Labute approximate surface area is 247 Å². The Bertz CT molecular complexity index is 1210. The highest BCUT2D eigenvalue weighted by molar-refractivity contribution is 5.82. The van der Waals surface area contributed by atoms with Gasteiger partial charge in [0.1, 0.15) is 6.04 Å². The Kier molecular flexibility index (Phi) is 11.1. The van der Waals surface area contributed by atoms with Crippen LogP contribution in [0.15, 0.2) is 55.1 Å². The van der Waals surface area contributed by atoms with Crippen molar-refractivity contribution >= 4 is 5.91 Å². The van der Waals surface area contributed by atoms with Crippen molar-refractivity contribution < 1.29 is 4.79 Å². The highest BCUT2D eigenvalue weighted by Crippen LogP contribution is 2.36. The maximum atomic E-state index is 14.0. The van der Waals surface area contributed by atoms with Crippen LogP contribution in [-0.4, -0.2) is 81.0 Å². The molecule has 0 bridgehead atoms. The lowest BCUT2D eigenvalue weighted by molar-refractivity contribution is -0.141. The summed E-state index contributed by atoms with van der Waals surface area (Å²) in [5.41, 5.74) is 6.30. The first-order valence-electron chi connectivity index (χ1n) is 15.8. The molecule has 0 radical (unpaired) electrons. The molecule has 0 spiro atoms. The van der Waals surface area contributed by atoms with E-state index in [1.165, 1.54) is 16.7 Å². The van der Waals surface area contributed by atoms with E-state index in [1.807, 2.05) is 47.1 Å². The molecular weight excluding hydrogens is 508 g/mol. The van der Waals surface area contributed by atoms with Gasteiger partial charge >= 0.3 is 0 Å². The van der Waals surface area contributed by atoms with Gasteiger partial charge in [0.25, 0.3) is 0 Å². The van der Waals surface area contributed by atoms with Crippen LogP contribution in [0.2, 0.25) is 0 Å². The van der Waals surface area contributed by atoms with Crippen molar-refractivity contribution in [3.8, 4) is 0 Å². The van der Waals surface area contributed by atoms with E-state index in [4.69, 9.17) is 4.98 Å². The fourth-order valence-corrected chi connectivity index (χ4v) is 6.61. The van der Waals surface area contributed by atoms with Gasteiger partial charge < -0.3 is 9.47 Å². The summed E-state index contributed by atoms with van der Waals surface area (Å²) in [7, 11) is 2.11. The SMILES string of the molecule is CC.CC.Cc1cn(C[C@H]2CCCN(C(=O)[C@H]3CN([C@H]4c5ccccc5CCc5cccnc54)CCN3C)C2)cn1. The van der Waals surface area contributed by atoms with Gasteiger partial charge in [0, 0.05) is 51.7 Å². The zero-order chi connectivity index (χ0) is 29.4. The fourth-order valence-electron chi connectivity index (χ4n) is 6.61. The summed E-state index contributed by atoms with van der Waals surface area (Å²) >= 11 is 0. The summed E-state index contributed by atoms with van der Waals surface area (Å²) in [5, 5.41) is 0. The molecule has 3 atom stereocenters. The van der Waals surface area contributed by atoms with Gasteiger partial charge in [-0.15, -0.1) is 0 Å². The molecule has 4 heterocycles. The third-order valence-corrected chi connectivity index (χ3v) is 8.59. The summed E-state index contributed by atoms with van der Waals surface area (Å²) in [4.78, 5) is 30.2. The molecule has 2 aliphatic heterocycles. The average molecular weight is 559 g/mol.